The summed E-state index contributed by atoms with van der Waals surface area (Å²) in [6.45, 7) is 2.63. The predicted molar refractivity (Wildman–Crippen MR) is 65.4 cm³/mol. The Balaban J connectivity index is 2.21. The third kappa shape index (κ3) is 3.20. The Morgan fingerprint density at radius 3 is 2.63 bits per heavy atom. The van der Waals surface area contributed by atoms with Gasteiger partial charge in [-0.25, -0.2) is 4.68 Å². The van der Waals surface area contributed by atoms with E-state index in [4.69, 9.17) is 11.6 Å². The van der Waals surface area contributed by atoms with Crippen LogP contribution < -0.4 is 10.9 Å². The van der Waals surface area contributed by atoms with E-state index in [1.165, 1.54) is 0 Å². The summed E-state index contributed by atoms with van der Waals surface area (Å²) in [5.74, 6) is 0. The number of anilines is 1. The van der Waals surface area contributed by atoms with Crippen LogP contribution >= 0.6 is 11.6 Å². The molecule has 1 aromatic rings. The van der Waals surface area contributed by atoms with Crippen molar-refractivity contribution in [2.75, 3.05) is 5.32 Å². The molecule has 0 aromatic carbocycles. The van der Waals surface area contributed by atoms with E-state index in [0.717, 1.165) is 12.6 Å². The zero-order chi connectivity index (χ0) is 14.4. The van der Waals surface area contributed by atoms with Crippen LogP contribution in [0.25, 0.3) is 0 Å². The molecule has 1 heterocycles. The van der Waals surface area contributed by atoms with Gasteiger partial charge in [0.05, 0.1) is 11.9 Å². The summed E-state index contributed by atoms with van der Waals surface area (Å²) in [7, 11) is 0. The number of nitrogens with zero attached hydrogens (tertiary/aromatic N) is 2. The molecule has 1 aliphatic rings. The molecule has 0 bridgehead atoms. The molecule has 1 fully saturated rings. The van der Waals surface area contributed by atoms with Crippen molar-refractivity contribution < 1.29 is 13.2 Å². The standard InChI is InChI=1S/C11H13ClF3N3O/c1-10(2)3-7(10)17-6-4-16-18(5-11(13,14)15)9(19)8(6)12/h4,7,17H,3,5H2,1-2H3. The SMILES string of the molecule is CC1(C)CC1Nc1cnn(CC(F)(F)F)c(=O)c1Cl. The summed E-state index contributed by atoms with van der Waals surface area (Å²) in [5.41, 5.74) is -0.562. The Morgan fingerprint density at radius 2 is 2.16 bits per heavy atom. The molecule has 1 unspecified atom stereocenters. The highest BCUT2D eigenvalue weighted by molar-refractivity contribution is 6.32. The number of hydrogen-bond donors (Lipinski definition) is 1. The van der Waals surface area contributed by atoms with E-state index in [1.807, 2.05) is 13.8 Å². The summed E-state index contributed by atoms with van der Waals surface area (Å²) in [6.07, 6.45) is -2.44. The van der Waals surface area contributed by atoms with Crippen LogP contribution in [0, 0.1) is 5.41 Å². The van der Waals surface area contributed by atoms with Gasteiger partial charge >= 0.3 is 6.18 Å². The highest BCUT2D eigenvalue weighted by Crippen LogP contribution is 2.46. The lowest BCUT2D eigenvalue weighted by Gasteiger charge is -2.12. The topological polar surface area (TPSA) is 46.9 Å². The van der Waals surface area contributed by atoms with Crippen molar-refractivity contribution in [3.8, 4) is 0 Å². The molecular formula is C11H13ClF3N3O. The van der Waals surface area contributed by atoms with Crippen LogP contribution in [-0.2, 0) is 6.54 Å². The van der Waals surface area contributed by atoms with Crippen molar-refractivity contribution in [3.05, 3.63) is 21.6 Å². The minimum atomic E-state index is -4.51. The summed E-state index contributed by atoms with van der Waals surface area (Å²) in [4.78, 5) is 11.7. The summed E-state index contributed by atoms with van der Waals surface area (Å²) in [5, 5.41) is 6.24. The van der Waals surface area contributed by atoms with Crippen molar-refractivity contribution in [1.29, 1.82) is 0 Å². The Hall–Kier alpha value is -1.24. The average Bonchev–Trinajstić information content (AvgIpc) is 2.84. The normalized spacial score (nSPS) is 21.3. The van der Waals surface area contributed by atoms with Crippen LogP contribution in [0.5, 0.6) is 0 Å². The third-order valence-corrected chi connectivity index (χ3v) is 3.52. The molecule has 0 spiro atoms. The van der Waals surface area contributed by atoms with Gasteiger partial charge in [-0.15, -0.1) is 0 Å². The van der Waals surface area contributed by atoms with Crippen molar-refractivity contribution in [2.24, 2.45) is 5.41 Å². The van der Waals surface area contributed by atoms with E-state index in [1.54, 1.807) is 0 Å². The molecule has 1 atom stereocenters. The number of alkyl halides is 3. The van der Waals surface area contributed by atoms with Crippen LogP contribution in [-0.4, -0.2) is 22.0 Å². The van der Waals surface area contributed by atoms with Gasteiger partial charge in [0, 0.05) is 6.04 Å². The molecule has 19 heavy (non-hydrogen) atoms. The fourth-order valence-electron chi connectivity index (χ4n) is 1.75. The van der Waals surface area contributed by atoms with E-state index in [-0.39, 0.29) is 22.2 Å². The maximum absolute atomic E-state index is 12.2. The van der Waals surface area contributed by atoms with Crippen molar-refractivity contribution in [3.63, 3.8) is 0 Å². The lowest BCUT2D eigenvalue weighted by Crippen LogP contribution is -2.31. The van der Waals surface area contributed by atoms with Crippen molar-refractivity contribution in [2.45, 2.75) is 39.0 Å². The van der Waals surface area contributed by atoms with Gasteiger partial charge in [0.1, 0.15) is 11.6 Å². The van der Waals surface area contributed by atoms with E-state index < -0.39 is 18.3 Å². The molecule has 4 nitrogen and oxygen atoms in total. The summed E-state index contributed by atoms with van der Waals surface area (Å²) >= 11 is 5.79. The fourth-order valence-corrected chi connectivity index (χ4v) is 1.95. The molecule has 1 N–H and O–H groups in total. The quantitative estimate of drug-likeness (QED) is 0.932. The molecule has 0 saturated heterocycles. The first-order valence-electron chi connectivity index (χ1n) is 5.69. The monoisotopic (exact) mass is 295 g/mol. The van der Waals surface area contributed by atoms with Crippen LogP contribution in [0.3, 0.4) is 0 Å². The lowest BCUT2D eigenvalue weighted by atomic mass is 10.2. The van der Waals surface area contributed by atoms with Gasteiger partial charge in [0.15, 0.2) is 0 Å². The highest BCUT2D eigenvalue weighted by atomic mass is 35.5. The number of nitrogens with one attached hydrogen (secondary N) is 1. The molecule has 2 rings (SSSR count). The van der Waals surface area contributed by atoms with E-state index in [2.05, 4.69) is 10.4 Å². The van der Waals surface area contributed by atoms with Crippen LogP contribution in [0.1, 0.15) is 20.3 Å². The molecule has 1 aromatic heterocycles. The largest absolute Gasteiger partial charge is 0.408 e. The molecule has 0 amide bonds. The Labute approximate surface area is 112 Å². The zero-order valence-corrected chi connectivity index (χ0v) is 11.1. The first-order chi connectivity index (χ1) is 8.60. The minimum absolute atomic E-state index is 0.101. The van der Waals surface area contributed by atoms with Gasteiger partial charge in [-0.1, -0.05) is 25.4 Å². The van der Waals surface area contributed by atoms with Gasteiger partial charge in [-0.3, -0.25) is 4.79 Å². The predicted octanol–water partition coefficient (Wildman–Crippen LogP) is 2.67. The average molecular weight is 296 g/mol. The second-order valence-electron chi connectivity index (χ2n) is 5.34. The molecule has 106 valence electrons. The first kappa shape index (κ1) is 14.2. The maximum Gasteiger partial charge on any atom is 0.408 e. The van der Waals surface area contributed by atoms with Gasteiger partial charge in [-0.05, 0) is 11.8 Å². The van der Waals surface area contributed by atoms with Crippen molar-refractivity contribution >= 4 is 17.3 Å². The Morgan fingerprint density at radius 1 is 1.58 bits per heavy atom. The lowest BCUT2D eigenvalue weighted by molar-refractivity contribution is -0.143. The van der Waals surface area contributed by atoms with Crippen LogP contribution in [0.2, 0.25) is 5.02 Å². The maximum atomic E-state index is 12.2. The number of rotatable bonds is 3. The van der Waals surface area contributed by atoms with E-state index in [9.17, 15) is 18.0 Å². The smallest absolute Gasteiger partial charge is 0.379 e. The molecule has 0 radical (unpaired) electrons. The summed E-state index contributed by atoms with van der Waals surface area (Å²) < 4.78 is 37.0. The van der Waals surface area contributed by atoms with Crippen LogP contribution in [0.4, 0.5) is 18.9 Å². The molecule has 1 aliphatic carbocycles. The van der Waals surface area contributed by atoms with Gasteiger partial charge in [0.2, 0.25) is 0 Å². The van der Waals surface area contributed by atoms with E-state index >= 15 is 0 Å². The number of halogens is 4. The van der Waals surface area contributed by atoms with Crippen LogP contribution in [0.15, 0.2) is 11.0 Å². The van der Waals surface area contributed by atoms with Gasteiger partial charge < -0.3 is 5.32 Å². The third-order valence-electron chi connectivity index (χ3n) is 3.16. The Bertz CT molecular complexity index is 553. The minimum Gasteiger partial charge on any atom is -0.379 e. The van der Waals surface area contributed by atoms with E-state index in [0.29, 0.717) is 4.68 Å². The first-order valence-corrected chi connectivity index (χ1v) is 6.07. The number of aromatic nitrogens is 2. The Kier molecular flexibility index (Phi) is 3.28. The zero-order valence-electron chi connectivity index (χ0n) is 10.4. The molecular weight excluding hydrogens is 283 g/mol. The molecule has 1 saturated carbocycles. The van der Waals surface area contributed by atoms with Gasteiger partial charge in [-0.2, -0.15) is 18.3 Å². The second kappa shape index (κ2) is 4.40. The summed E-state index contributed by atoms with van der Waals surface area (Å²) in [6, 6.07) is 0.157. The van der Waals surface area contributed by atoms with Gasteiger partial charge in [0.25, 0.3) is 5.56 Å². The fraction of sp³-hybridized carbons (Fsp3) is 0.636. The second-order valence-corrected chi connectivity index (χ2v) is 5.72. The highest BCUT2D eigenvalue weighted by Gasteiger charge is 2.46. The number of hydrogen-bond acceptors (Lipinski definition) is 3. The van der Waals surface area contributed by atoms with Crippen molar-refractivity contribution in [1.82, 2.24) is 9.78 Å². The molecule has 0 aliphatic heterocycles. The molecule has 8 heteroatoms.